The van der Waals surface area contributed by atoms with E-state index in [2.05, 4.69) is 180 Å². The van der Waals surface area contributed by atoms with E-state index in [0.29, 0.717) is 17.5 Å². The molecule has 0 aliphatic rings. The molecule has 0 aliphatic carbocycles. The molecule has 2 heterocycles. The molecular weight excluding hydrogens is 645 g/mol. The Morgan fingerprint density at radius 2 is 0.774 bits per heavy atom. The van der Waals surface area contributed by atoms with Crippen molar-refractivity contribution in [3.8, 4) is 62.1 Å². The Morgan fingerprint density at radius 1 is 0.321 bits per heavy atom. The maximum Gasteiger partial charge on any atom is 0.164 e. The van der Waals surface area contributed by atoms with E-state index < -0.39 is 0 Å². The number of nitrogens with zero attached hydrogens (tertiary/aromatic N) is 4. The van der Waals surface area contributed by atoms with Crippen LogP contribution in [0.1, 0.15) is 0 Å². The van der Waals surface area contributed by atoms with Crippen molar-refractivity contribution in [1.29, 1.82) is 0 Å². The second-order valence-corrected chi connectivity index (χ2v) is 13.2. The maximum atomic E-state index is 5.18. The Balaban J connectivity index is 1.13. The van der Waals surface area contributed by atoms with Gasteiger partial charge < -0.3 is 4.57 Å². The molecule has 53 heavy (non-hydrogen) atoms. The Hall–Kier alpha value is -7.17. The first kappa shape index (κ1) is 30.6. The lowest BCUT2D eigenvalue weighted by Gasteiger charge is -2.14. The van der Waals surface area contributed by atoms with Crippen LogP contribution in [-0.2, 0) is 0 Å². The Morgan fingerprint density at radius 3 is 1.42 bits per heavy atom. The van der Waals surface area contributed by atoms with Gasteiger partial charge in [0.2, 0.25) is 0 Å². The monoisotopic (exact) mass is 676 g/mol. The third-order valence-corrected chi connectivity index (χ3v) is 10.0. The van der Waals surface area contributed by atoms with Gasteiger partial charge in [-0.1, -0.05) is 164 Å². The minimum absolute atomic E-state index is 0.624. The zero-order valence-corrected chi connectivity index (χ0v) is 28.8. The Kier molecular flexibility index (Phi) is 7.43. The SMILES string of the molecule is c1ccc(-c2nc(-c3cccc(-c4cccc5cccc(-c6ccccc6)c45)c3)nc(-c3cccc(-n4c5ccccc5c5ccccc54)c3)n2)cc1. The summed E-state index contributed by atoms with van der Waals surface area (Å²) in [7, 11) is 0. The summed E-state index contributed by atoms with van der Waals surface area (Å²) in [4.78, 5) is 15.3. The zero-order chi connectivity index (χ0) is 35.1. The van der Waals surface area contributed by atoms with E-state index >= 15 is 0 Å². The number of aromatic nitrogens is 4. The van der Waals surface area contributed by atoms with Crippen LogP contribution in [0.15, 0.2) is 194 Å². The fourth-order valence-corrected chi connectivity index (χ4v) is 7.60. The van der Waals surface area contributed by atoms with Crippen LogP contribution in [0.3, 0.4) is 0 Å². The van der Waals surface area contributed by atoms with Crippen molar-refractivity contribution in [2.45, 2.75) is 0 Å². The minimum atomic E-state index is 0.624. The molecule has 0 unspecified atom stereocenters. The second-order valence-electron chi connectivity index (χ2n) is 13.2. The van der Waals surface area contributed by atoms with E-state index in [4.69, 9.17) is 15.0 Å². The summed E-state index contributed by atoms with van der Waals surface area (Å²) in [5.74, 6) is 1.88. The summed E-state index contributed by atoms with van der Waals surface area (Å²) < 4.78 is 2.33. The average molecular weight is 677 g/mol. The molecule has 0 saturated carbocycles. The number of hydrogen-bond donors (Lipinski definition) is 0. The molecule has 10 aromatic rings. The highest BCUT2D eigenvalue weighted by molar-refractivity contribution is 6.09. The quantitative estimate of drug-likeness (QED) is 0.176. The van der Waals surface area contributed by atoms with Gasteiger partial charge in [0, 0.05) is 33.2 Å². The molecule has 0 spiro atoms. The first-order chi connectivity index (χ1) is 26.3. The van der Waals surface area contributed by atoms with Crippen LogP contribution in [0, 0.1) is 0 Å². The maximum absolute atomic E-state index is 5.18. The van der Waals surface area contributed by atoms with Crippen molar-refractivity contribution in [1.82, 2.24) is 19.5 Å². The summed E-state index contributed by atoms with van der Waals surface area (Å²) in [6.07, 6.45) is 0. The number of rotatable bonds is 6. The molecule has 10 rings (SSSR count). The van der Waals surface area contributed by atoms with Crippen molar-refractivity contribution in [3.05, 3.63) is 194 Å². The van der Waals surface area contributed by atoms with Gasteiger partial charge in [-0.25, -0.2) is 15.0 Å². The van der Waals surface area contributed by atoms with E-state index in [1.807, 2.05) is 18.2 Å². The second kappa shape index (κ2) is 12.9. The topological polar surface area (TPSA) is 43.6 Å². The van der Waals surface area contributed by atoms with Crippen LogP contribution in [0.4, 0.5) is 0 Å². The molecule has 0 atom stereocenters. The molecule has 0 fully saturated rings. The van der Waals surface area contributed by atoms with Crippen LogP contribution < -0.4 is 0 Å². The molecular formula is C49H32N4. The molecule has 248 valence electrons. The van der Waals surface area contributed by atoms with Gasteiger partial charge >= 0.3 is 0 Å². The summed E-state index contributed by atoms with van der Waals surface area (Å²) in [5.41, 5.74) is 10.8. The van der Waals surface area contributed by atoms with E-state index in [-0.39, 0.29) is 0 Å². The summed E-state index contributed by atoms with van der Waals surface area (Å²) in [6, 6.07) is 68.1. The highest BCUT2D eigenvalue weighted by Crippen LogP contribution is 2.38. The van der Waals surface area contributed by atoms with E-state index in [9.17, 15) is 0 Å². The van der Waals surface area contributed by atoms with Crippen LogP contribution in [-0.4, -0.2) is 19.5 Å². The smallest absolute Gasteiger partial charge is 0.164 e. The van der Waals surface area contributed by atoms with Crippen LogP contribution in [0.5, 0.6) is 0 Å². The molecule has 8 aromatic carbocycles. The first-order valence-corrected chi connectivity index (χ1v) is 17.9. The Labute approximate surface area is 307 Å². The molecule has 0 aliphatic heterocycles. The van der Waals surface area contributed by atoms with Gasteiger partial charge in [-0.05, 0) is 63.4 Å². The van der Waals surface area contributed by atoms with Gasteiger partial charge in [-0.15, -0.1) is 0 Å². The van der Waals surface area contributed by atoms with E-state index in [0.717, 1.165) is 39.0 Å². The van der Waals surface area contributed by atoms with Crippen molar-refractivity contribution in [2.75, 3.05) is 0 Å². The average Bonchev–Trinajstić information content (AvgIpc) is 3.58. The van der Waals surface area contributed by atoms with Gasteiger partial charge in [-0.2, -0.15) is 0 Å². The number of benzene rings is 8. The fourth-order valence-electron chi connectivity index (χ4n) is 7.60. The predicted molar refractivity (Wildman–Crippen MR) is 219 cm³/mol. The third kappa shape index (κ3) is 5.45. The van der Waals surface area contributed by atoms with Crippen molar-refractivity contribution >= 4 is 32.6 Å². The lowest BCUT2D eigenvalue weighted by atomic mass is 9.91. The van der Waals surface area contributed by atoms with Gasteiger partial charge in [0.25, 0.3) is 0 Å². The third-order valence-electron chi connectivity index (χ3n) is 10.0. The molecule has 0 amide bonds. The predicted octanol–water partition coefficient (Wildman–Crippen LogP) is 12.5. The molecule has 4 heteroatoms. The number of fused-ring (bicyclic) bond motifs is 4. The first-order valence-electron chi connectivity index (χ1n) is 17.9. The van der Waals surface area contributed by atoms with Crippen LogP contribution >= 0.6 is 0 Å². The fraction of sp³-hybridized carbons (Fsp3) is 0. The molecule has 2 aromatic heterocycles. The molecule has 0 bridgehead atoms. The van der Waals surface area contributed by atoms with Crippen molar-refractivity contribution < 1.29 is 0 Å². The summed E-state index contributed by atoms with van der Waals surface area (Å²) >= 11 is 0. The van der Waals surface area contributed by atoms with Crippen molar-refractivity contribution in [3.63, 3.8) is 0 Å². The minimum Gasteiger partial charge on any atom is -0.309 e. The number of hydrogen-bond acceptors (Lipinski definition) is 3. The van der Waals surface area contributed by atoms with Crippen LogP contribution in [0.2, 0.25) is 0 Å². The largest absolute Gasteiger partial charge is 0.309 e. The van der Waals surface area contributed by atoms with Gasteiger partial charge in [0.15, 0.2) is 17.5 Å². The lowest BCUT2D eigenvalue weighted by Crippen LogP contribution is -2.01. The standard InChI is InChI=1S/C49H32N4/c1-3-15-33(16-4-1)40-27-13-19-34-20-14-28-41(46(34)40)36-21-11-22-37(31-36)48-50-47(35-17-5-2-6-18-35)51-49(52-48)38-23-12-24-39(32-38)53-44-29-9-7-25-42(44)43-26-8-10-30-45(43)53/h1-32H. The highest BCUT2D eigenvalue weighted by Gasteiger charge is 2.17. The Bertz CT molecular complexity index is 2890. The van der Waals surface area contributed by atoms with Crippen LogP contribution in [0.25, 0.3) is 94.7 Å². The normalized spacial score (nSPS) is 11.4. The van der Waals surface area contributed by atoms with Crippen molar-refractivity contribution in [2.24, 2.45) is 0 Å². The molecule has 0 N–H and O–H groups in total. The zero-order valence-electron chi connectivity index (χ0n) is 28.8. The summed E-state index contributed by atoms with van der Waals surface area (Å²) in [6.45, 7) is 0. The summed E-state index contributed by atoms with van der Waals surface area (Å²) in [5, 5.41) is 4.88. The number of para-hydroxylation sites is 2. The van der Waals surface area contributed by atoms with E-state index in [1.165, 1.54) is 38.2 Å². The van der Waals surface area contributed by atoms with Gasteiger partial charge in [-0.3, -0.25) is 0 Å². The molecule has 0 radical (unpaired) electrons. The molecule has 4 nitrogen and oxygen atoms in total. The lowest BCUT2D eigenvalue weighted by molar-refractivity contribution is 1.07. The van der Waals surface area contributed by atoms with Gasteiger partial charge in [0.05, 0.1) is 11.0 Å². The van der Waals surface area contributed by atoms with E-state index in [1.54, 1.807) is 0 Å². The molecule has 0 saturated heterocycles. The van der Waals surface area contributed by atoms with Gasteiger partial charge in [0.1, 0.15) is 0 Å². The highest BCUT2D eigenvalue weighted by atomic mass is 15.0.